The van der Waals surface area contributed by atoms with Crippen LogP contribution in [0.25, 0.3) is 11.1 Å². The molecule has 14 heteroatoms. The first kappa shape index (κ1) is 27.3. The van der Waals surface area contributed by atoms with Crippen molar-refractivity contribution in [3.8, 4) is 11.1 Å². The molecule has 12 nitrogen and oxygen atoms in total. The standard InChI is InChI=1S/C22H28N6O6S2/c1-12-18(13(2)34-27-12)14-5-7-15(8-6-14)36(32,33)28-16-9-11-35-19(16)20(29)26-17(21(30)31)4-3-10-25-22(23)24/h5-9,11,17,22,25,28H,3-4,10,23-24H2,1-2H3,(H,26,29)(H,30,31)/t17-/m0/s1. The van der Waals surface area contributed by atoms with Crippen molar-refractivity contribution in [2.24, 2.45) is 11.5 Å². The van der Waals surface area contributed by atoms with Crippen LogP contribution in [0.3, 0.4) is 0 Å². The lowest BCUT2D eigenvalue weighted by Gasteiger charge is -2.16. The molecular formula is C22H28N6O6S2. The van der Waals surface area contributed by atoms with Crippen molar-refractivity contribution < 1.29 is 27.6 Å². The second-order valence-corrected chi connectivity index (χ2v) is 10.6. The summed E-state index contributed by atoms with van der Waals surface area (Å²) in [6.45, 7) is 3.94. The number of sulfonamides is 1. The number of benzene rings is 1. The van der Waals surface area contributed by atoms with Crippen LogP contribution in [0.1, 0.15) is 34.0 Å². The molecular weight excluding hydrogens is 508 g/mol. The zero-order chi connectivity index (χ0) is 26.5. The number of thiophene rings is 1. The summed E-state index contributed by atoms with van der Waals surface area (Å²) in [4.78, 5) is 24.4. The molecule has 1 atom stereocenters. The van der Waals surface area contributed by atoms with Crippen LogP contribution in [-0.2, 0) is 14.8 Å². The number of anilines is 1. The summed E-state index contributed by atoms with van der Waals surface area (Å²) in [6.07, 6.45) is -0.197. The predicted octanol–water partition coefficient (Wildman–Crippen LogP) is 1.57. The van der Waals surface area contributed by atoms with Gasteiger partial charge in [0.1, 0.15) is 23.0 Å². The third kappa shape index (κ3) is 6.67. The maximum atomic E-state index is 13.0. The molecule has 0 aliphatic rings. The van der Waals surface area contributed by atoms with Gasteiger partial charge < -0.3 is 26.4 Å². The number of aryl methyl sites for hydroxylation is 2. The molecule has 194 valence electrons. The number of aliphatic carboxylic acids is 1. The van der Waals surface area contributed by atoms with E-state index in [9.17, 15) is 23.1 Å². The average molecular weight is 537 g/mol. The number of hydrogen-bond acceptors (Lipinski definition) is 10. The van der Waals surface area contributed by atoms with Crippen LogP contribution in [0.4, 0.5) is 5.69 Å². The van der Waals surface area contributed by atoms with Crippen LogP contribution < -0.4 is 26.8 Å². The monoisotopic (exact) mass is 536 g/mol. The Morgan fingerprint density at radius 1 is 1.17 bits per heavy atom. The number of hydrogen-bond donors (Lipinski definition) is 6. The van der Waals surface area contributed by atoms with E-state index in [1.165, 1.54) is 23.6 Å². The number of aromatic nitrogens is 1. The number of nitrogens with zero attached hydrogens (tertiary/aromatic N) is 1. The van der Waals surface area contributed by atoms with Crippen molar-refractivity contribution in [1.29, 1.82) is 0 Å². The number of rotatable bonds is 12. The van der Waals surface area contributed by atoms with E-state index in [0.717, 1.165) is 22.5 Å². The van der Waals surface area contributed by atoms with Gasteiger partial charge in [-0.15, -0.1) is 11.3 Å². The fourth-order valence-electron chi connectivity index (χ4n) is 3.52. The normalized spacial score (nSPS) is 12.5. The van der Waals surface area contributed by atoms with E-state index in [-0.39, 0.29) is 21.9 Å². The van der Waals surface area contributed by atoms with Crippen molar-refractivity contribution in [2.75, 3.05) is 11.3 Å². The molecule has 0 aliphatic carbocycles. The highest BCUT2D eigenvalue weighted by Gasteiger charge is 2.25. The van der Waals surface area contributed by atoms with Crippen LogP contribution in [0, 0.1) is 13.8 Å². The molecule has 1 aromatic carbocycles. The zero-order valence-electron chi connectivity index (χ0n) is 19.6. The summed E-state index contributed by atoms with van der Waals surface area (Å²) >= 11 is 0.989. The van der Waals surface area contributed by atoms with Gasteiger partial charge in [-0.2, -0.15) is 0 Å². The first-order valence-electron chi connectivity index (χ1n) is 10.9. The predicted molar refractivity (Wildman–Crippen MR) is 135 cm³/mol. The molecule has 36 heavy (non-hydrogen) atoms. The summed E-state index contributed by atoms with van der Waals surface area (Å²) in [5.74, 6) is -1.29. The molecule has 2 aromatic heterocycles. The van der Waals surface area contributed by atoms with E-state index in [0.29, 0.717) is 24.4 Å². The SMILES string of the molecule is Cc1noc(C)c1-c1ccc(S(=O)(=O)Nc2ccsc2C(=O)N[C@@H](CCCNC(N)N)C(=O)O)cc1. The van der Waals surface area contributed by atoms with Crippen LogP contribution in [0.2, 0.25) is 0 Å². The molecule has 1 amide bonds. The molecule has 2 heterocycles. The fourth-order valence-corrected chi connectivity index (χ4v) is 5.41. The van der Waals surface area contributed by atoms with Gasteiger partial charge >= 0.3 is 5.97 Å². The minimum Gasteiger partial charge on any atom is -0.480 e. The average Bonchev–Trinajstić information content (AvgIpc) is 3.40. The lowest BCUT2D eigenvalue weighted by atomic mass is 10.0. The Labute approximate surface area is 212 Å². The molecule has 0 radical (unpaired) electrons. The second-order valence-electron chi connectivity index (χ2n) is 7.98. The van der Waals surface area contributed by atoms with Gasteiger partial charge in [0.15, 0.2) is 0 Å². The van der Waals surface area contributed by atoms with Gasteiger partial charge in [-0.05, 0) is 62.4 Å². The highest BCUT2D eigenvalue weighted by atomic mass is 32.2. The minimum atomic E-state index is -4.03. The van der Waals surface area contributed by atoms with Crippen LogP contribution in [-0.4, -0.2) is 49.4 Å². The van der Waals surface area contributed by atoms with Gasteiger partial charge in [-0.25, -0.2) is 13.2 Å². The number of carbonyl (C=O) groups is 2. The van der Waals surface area contributed by atoms with E-state index in [1.54, 1.807) is 26.0 Å². The summed E-state index contributed by atoms with van der Waals surface area (Å²) < 4.78 is 33.5. The molecule has 3 rings (SSSR count). The molecule has 0 aliphatic heterocycles. The van der Waals surface area contributed by atoms with E-state index in [2.05, 4.69) is 20.5 Å². The Bertz CT molecular complexity index is 1300. The quantitative estimate of drug-likeness (QED) is 0.146. The third-order valence-electron chi connectivity index (χ3n) is 5.26. The Morgan fingerprint density at radius 2 is 1.86 bits per heavy atom. The van der Waals surface area contributed by atoms with Gasteiger partial charge in [0, 0.05) is 5.56 Å². The first-order valence-corrected chi connectivity index (χ1v) is 13.3. The van der Waals surface area contributed by atoms with Crippen molar-refractivity contribution in [3.05, 3.63) is 52.0 Å². The topological polar surface area (TPSA) is 203 Å². The number of carbonyl (C=O) groups excluding carboxylic acids is 1. The lowest BCUT2D eigenvalue weighted by Crippen LogP contribution is -2.46. The lowest BCUT2D eigenvalue weighted by molar-refractivity contribution is -0.139. The smallest absolute Gasteiger partial charge is 0.326 e. The molecule has 0 unspecified atom stereocenters. The van der Waals surface area contributed by atoms with Crippen molar-refractivity contribution in [2.45, 2.75) is 43.9 Å². The summed E-state index contributed by atoms with van der Waals surface area (Å²) in [5, 5.41) is 20.1. The Morgan fingerprint density at radius 3 is 2.44 bits per heavy atom. The Kier molecular flexibility index (Phi) is 8.81. The van der Waals surface area contributed by atoms with E-state index < -0.39 is 34.2 Å². The van der Waals surface area contributed by atoms with Crippen LogP contribution in [0.15, 0.2) is 45.1 Å². The first-order chi connectivity index (χ1) is 17.0. The van der Waals surface area contributed by atoms with E-state index >= 15 is 0 Å². The molecule has 0 saturated carbocycles. The number of carboxylic acid groups (broad SMARTS) is 1. The summed E-state index contributed by atoms with van der Waals surface area (Å²) in [6, 6.07) is 6.45. The van der Waals surface area contributed by atoms with E-state index in [4.69, 9.17) is 16.0 Å². The molecule has 0 bridgehead atoms. The van der Waals surface area contributed by atoms with Crippen molar-refractivity contribution in [1.82, 2.24) is 15.8 Å². The van der Waals surface area contributed by atoms with Crippen molar-refractivity contribution >= 4 is 38.9 Å². The third-order valence-corrected chi connectivity index (χ3v) is 7.55. The molecule has 0 spiro atoms. The van der Waals surface area contributed by atoms with Gasteiger partial charge in [-0.3, -0.25) is 14.8 Å². The number of nitrogens with two attached hydrogens (primary N) is 2. The minimum absolute atomic E-state index is 0.00964. The van der Waals surface area contributed by atoms with Gasteiger partial charge in [0.2, 0.25) is 0 Å². The molecule has 3 aromatic rings. The Balaban J connectivity index is 1.71. The summed E-state index contributed by atoms with van der Waals surface area (Å²) in [7, 11) is -4.03. The summed E-state index contributed by atoms with van der Waals surface area (Å²) in [5.41, 5.74) is 13.0. The largest absolute Gasteiger partial charge is 0.480 e. The highest BCUT2D eigenvalue weighted by molar-refractivity contribution is 7.92. The van der Waals surface area contributed by atoms with Gasteiger partial charge in [0.05, 0.1) is 16.3 Å². The molecule has 0 saturated heterocycles. The second kappa shape index (κ2) is 11.6. The number of nitrogens with one attached hydrogen (secondary N) is 3. The maximum Gasteiger partial charge on any atom is 0.326 e. The van der Waals surface area contributed by atoms with E-state index in [1.807, 2.05) is 0 Å². The Hall–Kier alpha value is -3.30. The van der Waals surface area contributed by atoms with Gasteiger partial charge in [0.25, 0.3) is 15.9 Å². The number of carboxylic acids is 1. The maximum absolute atomic E-state index is 13.0. The molecule has 8 N–H and O–H groups in total. The highest BCUT2D eigenvalue weighted by Crippen LogP contribution is 2.29. The van der Waals surface area contributed by atoms with Gasteiger partial charge in [-0.1, -0.05) is 17.3 Å². The fraction of sp³-hybridized carbons (Fsp3) is 0.318. The van der Waals surface area contributed by atoms with Crippen LogP contribution >= 0.6 is 11.3 Å². The molecule has 0 fully saturated rings. The van der Waals surface area contributed by atoms with Crippen LogP contribution in [0.5, 0.6) is 0 Å². The van der Waals surface area contributed by atoms with Crippen molar-refractivity contribution in [3.63, 3.8) is 0 Å². The zero-order valence-corrected chi connectivity index (χ0v) is 21.3. The number of amides is 1.